The number of hydrogen-bond donors (Lipinski definition) is 1. The van der Waals surface area contributed by atoms with Crippen molar-refractivity contribution in [2.45, 2.75) is 46.0 Å². The zero-order valence-electron chi connectivity index (χ0n) is 22.2. The molecule has 5 rings (SSSR count). The molecular weight excluding hydrogens is 497 g/mol. The summed E-state index contributed by atoms with van der Waals surface area (Å²) in [6.45, 7) is 6.95. The lowest BCUT2D eigenvalue weighted by molar-refractivity contribution is 0.0696. The van der Waals surface area contributed by atoms with Gasteiger partial charge in [0.15, 0.2) is 0 Å². The molecule has 0 bridgehead atoms. The second-order valence-electron chi connectivity index (χ2n) is 10.9. The lowest BCUT2D eigenvalue weighted by atomic mass is 9.84. The van der Waals surface area contributed by atoms with Crippen LogP contribution in [0.3, 0.4) is 0 Å². The number of aromatic carboxylic acids is 1. The number of fused-ring (bicyclic) bond motifs is 1. The van der Waals surface area contributed by atoms with Crippen LogP contribution in [0.5, 0.6) is 0 Å². The van der Waals surface area contributed by atoms with Gasteiger partial charge in [0.2, 0.25) is 0 Å². The number of likely N-dealkylation sites (tertiary alicyclic amines) is 1. The molecule has 1 saturated heterocycles. The Bertz CT molecular complexity index is 1350. The van der Waals surface area contributed by atoms with Crippen LogP contribution in [0.2, 0.25) is 5.02 Å². The monoisotopic (exact) mass is 531 g/mol. The normalized spacial score (nSPS) is 16.2. The van der Waals surface area contributed by atoms with Gasteiger partial charge in [-0.05, 0) is 126 Å². The number of nitrogens with zero attached hydrogens (tertiary/aromatic N) is 1. The first-order chi connectivity index (χ1) is 18.3. The third-order valence-electron chi connectivity index (χ3n) is 8.00. The Balaban J connectivity index is 1.54. The highest BCUT2D eigenvalue weighted by atomic mass is 35.5. The number of carbonyl (C=O) groups is 1. The Morgan fingerprint density at radius 1 is 1.03 bits per heavy atom. The van der Waals surface area contributed by atoms with Gasteiger partial charge in [-0.3, -0.25) is 4.39 Å². The predicted molar refractivity (Wildman–Crippen MR) is 154 cm³/mol. The standard InChI is InChI=1S/C33H35ClFNO2/c1-21-15-28(34)16-22(2)31(21)30-6-3-5-26-18-27(33(37)38)11-12-29(26)32(30)25-9-7-23(8-10-25)17-24-19-36(20-24)14-4-13-35/h7-12,15-16,18,24H,3-6,13-14,17,19-20H2,1-2H3,(H,37,38). The number of hydrogen-bond acceptors (Lipinski definition) is 2. The second-order valence-corrected chi connectivity index (χ2v) is 11.3. The average molecular weight is 532 g/mol. The highest BCUT2D eigenvalue weighted by Crippen LogP contribution is 2.42. The molecule has 0 amide bonds. The molecule has 1 heterocycles. The lowest BCUT2D eigenvalue weighted by Crippen LogP contribution is -2.47. The van der Waals surface area contributed by atoms with E-state index in [9.17, 15) is 14.3 Å². The van der Waals surface area contributed by atoms with E-state index in [1.807, 2.05) is 24.3 Å². The minimum absolute atomic E-state index is 0.240. The van der Waals surface area contributed by atoms with Crippen molar-refractivity contribution in [3.63, 3.8) is 0 Å². The molecule has 0 saturated carbocycles. The van der Waals surface area contributed by atoms with Crippen molar-refractivity contribution >= 4 is 28.7 Å². The Morgan fingerprint density at radius 3 is 2.39 bits per heavy atom. The van der Waals surface area contributed by atoms with Crippen LogP contribution in [-0.4, -0.2) is 42.3 Å². The Morgan fingerprint density at radius 2 is 1.74 bits per heavy atom. The quantitative estimate of drug-likeness (QED) is 0.322. The van der Waals surface area contributed by atoms with Crippen molar-refractivity contribution < 1.29 is 14.3 Å². The van der Waals surface area contributed by atoms with Crippen molar-refractivity contribution in [2.75, 3.05) is 26.3 Å². The van der Waals surface area contributed by atoms with Crippen LogP contribution in [0.25, 0.3) is 11.1 Å². The van der Waals surface area contributed by atoms with Gasteiger partial charge in [0.05, 0.1) is 12.2 Å². The molecule has 3 nitrogen and oxygen atoms in total. The molecular formula is C33H35ClFNO2. The van der Waals surface area contributed by atoms with Crippen molar-refractivity contribution in [3.05, 3.63) is 104 Å². The molecule has 1 fully saturated rings. The van der Waals surface area contributed by atoms with E-state index in [0.29, 0.717) is 17.9 Å². The van der Waals surface area contributed by atoms with Gasteiger partial charge in [0.1, 0.15) is 0 Å². The molecule has 0 atom stereocenters. The highest BCUT2D eigenvalue weighted by Gasteiger charge is 2.27. The van der Waals surface area contributed by atoms with E-state index >= 15 is 0 Å². The zero-order valence-corrected chi connectivity index (χ0v) is 23.0. The van der Waals surface area contributed by atoms with Gasteiger partial charge in [-0.2, -0.15) is 0 Å². The number of allylic oxidation sites excluding steroid dienone is 1. The van der Waals surface area contributed by atoms with E-state index in [4.69, 9.17) is 11.6 Å². The Hall–Kier alpha value is -2.95. The van der Waals surface area contributed by atoms with Gasteiger partial charge in [0.25, 0.3) is 0 Å². The first kappa shape index (κ1) is 26.6. The van der Waals surface area contributed by atoms with Crippen molar-refractivity contribution in [2.24, 2.45) is 5.92 Å². The van der Waals surface area contributed by atoms with Gasteiger partial charge in [-0.1, -0.05) is 41.9 Å². The molecule has 2 aliphatic rings. The topological polar surface area (TPSA) is 40.5 Å². The van der Waals surface area contributed by atoms with Crippen molar-refractivity contribution in [1.82, 2.24) is 4.90 Å². The minimum Gasteiger partial charge on any atom is -0.478 e. The number of rotatable bonds is 8. The molecule has 0 aromatic heterocycles. The van der Waals surface area contributed by atoms with E-state index in [1.165, 1.54) is 22.3 Å². The van der Waals surface area contributed by atoms with E-state index in [2.05, 4.69) is 43.0 Å². The Kier molecular flexibility index (Phi) is 8.01. The third-order valence-corrected chi connectivity index (χ3v) is 8.22. The summed E-state index contributed by atoms with van der Waals surface area (Å²) < 4.78 is 12.5. The van der Waals surface area contributed by atoms with Gasteiger partial charge in [-0.25, -0.2) is 4.79 Å². The highest BCUT2D eigenvalue weighted by molar-refractivity contribution is 6.30. The number of benzene rings is 3. The number of carboxylic acid groups (broad SMARTS) is 1. The van der Waals surface area contributed by atoms with Gasteiger partial charge in [0, 0.05) is 24.7 Å². The number of carboxylic acids is 1. The summed E-state index contributed by atoms with van der Waals surface area (Å²) in [5.74, 6) is -0.265. The largest absolute Gasteiger partial charge is 0.478 e. The fourth-order valence-electron chi connectivity index (χ4n) is 6.30. The summed E-state index contributed by atoms with van der Waals surface area (Å²) in [5.41, 5.74) is 11.1. The van der Waals surface area contributed by atoms with E-state index in [1.54, 1.807) is 6.07 Å². The van der Waals surface area contributed by atoms with E-state index < -0.39 is 5.97 Å². The summed E-state index contributed by atoms with van der Waals surface area (Å²) in [4.78, 5) is 14.0. The number of halogens is 2. The van der Waals surface area contributed by atoms with Crippen LogP contribution in [0.4, 0.5) is 4.39 Å². The average Bonchev–Trinajstić information content (AvgIpc) is 3.04. The molecule has 1 aliphatic carbocycles. The predicted octanol–water partition coefficient (Wildman–Crippen LogP) is 7.78. The molecule has 3 aromatic rings. The SMILES string of the molecule is Cc1cc(Cl)cc(C)c1C1=C(c2ccc(CC3CN(CCCF)C3)cc2)c2ccc(C(=O)O)cc2CCC1. The number of alkyl halides is 1. The summed E-state index contributed by atoms with van der Waals surface area (Å²) in [5, 5.41) is 10.4. The van der Waals surface area contributed by atoms with Crippen LogP contribution in [0.1, 0.15) is 68.6 Å². The third kappa shape index (κ3) is 5.57. The molecule has 0 radical (unpaired) electrons. The molecule has 5 heteroatoms. The fourth-order valence-corrected chi connectivity index (χ4v) is 6.63. The maximum atomic E-state index is 12.5. The van der Waals surface area contributed by atoms with Crippen LogP contribution in [-0.2, 0) is 12.8 Å². The maximum Gasteiger partial charge on any atom is 0.335 e. The fraction of sp³-hybridized carbons (Fsp3) is 0.364. The van der Waals surface area contributed by atoms with Gasteiger partial charge in [-0.15, -0.1) is 0 Å². The minimum atomic E-state index is -0.893. The summed E-state index contributed by atoms with van der Waals surface area (Å²) in [7, 11) is 0. The van der Waals surface area contributed by atoms with Crippen LogP contribution < -0.4 is 0 Å². The first-order valence-corrected chi connectivity index (χ1v) is 14.0. The van der Waals surface area contributed by atoms with Crippen molar-refractivity contribution in [1.29, 1.82) is 0 Å². The summed E-state index contributed by atoms with van der Waals surface area (Å²) >= 11 is 6.39. The molecule has 38 heavy (non-hydrogen) atoms. The van der Waals surface area contributed by atoms with Gasteiger partial charge >= 0.3 is 5.97 Å². The molecule has 1 N–H and O–H groups in total. The smallest absolute Gasteiger partial charge is 0.335 e. The van der Waals surface area contributed by atoms with E-state index in [-0.39, 0.29) is 6.67 Å². The lowest BCUT2D eigenvalue weighted by Gasteiger charge is -2.39. The first-order valence-electron chi connectivity index (χ1n) is 13.6. The van der Waals surface area contributed by atoms with Gasteiger partial charge < -0.3 is 10.0 Å². The Labute approximate surface area is 230 Å². The second kappa shape index (κ2) is 11.4. The summed E-state index contributed by atoms with van der Waals surface area (Å²) in [6, 6.07) is 18.6. The molecule has 1 aliphatic heterocycles. The zero-order chi connectivity index (χ0) is 26.8. The van der Waals surface area contributed by atoms with Crippen LogP contribution >= 0.6 is 11.6 Å². The van der Waals surface area contributed by atoms with E-state index in [0.717, 1.165) is 78.2 Å². The molecule has 3 aromatic carbocycles. The molecule has 0 unspecified atom stereocenters. The summed E-state index contributed by atoms with van der Waals surface area (Å²) in [6.07, 6.45) is 4.37. The molecule has 198 valence electrons. The van der Waals surface area contributed by atoms with Crippen LogP contribution in [0, 0.1) is 19.8 Å². The maximum absolute atomic E-state index is 12.5. The van der Waals surface area contributed by atoms with Crippen molar-refractivity contribution in [3.8, 4) is 0 Å². The molecule has 0 spiro atoms. The number of aryl methyl sites for hydroxylation is 3. The van der Waals surface area contributed by atoms with Crippen LogP contribution in [0.15, 0.2) is 54.6 Å².